The molecule has 1 aliphatic heterocycles. The van der Waals surface area contributed by atoms with Gasteiger partial charge < -0.3 is 14.5 Å². The number of carbonyl (C=O) groups is 3. The molecule has 4 rings (SSSR count). The molecule has 2 aromatic carbocycles. The van der Waals surface area contributed by atoms with E-state index in [0.717, 1.165) is 30.1 Å². The van der Waals surface area contributed by atoms with Gasteiger partial charge in [-0.1, -0.05) is 12.1 Å². The van der Waals surface area contributed by atoms with Gasteiger partial charge in [0.2, 0.25) is 5.91 Å². The fourth-order valence-corrected chi connectivity index (χ4v) is 4.12. The molecule has 1 aromatic heterocycles. The molecule has 0 fully saturated rings. The summed E-state index contributed by atoms with van der Waals surface area (Å²) in [7, 11) is 1.15. The average molecular weight is 497 g/mol. The summed E-state index contributed by atoms with van der Waals surface area (Å²) in [6.07, 6.45) is -1.40. The highest BCUT2D eigenvalue weighted by Gasteiger charge is 2.26. The van der Waals surface area contributed by atoms with Crippen LogP contribution in [0.4, 0.5) is 18.9 Å². The molecule has 0 saturated carbocycles. The number of amides is 2. The van der Waals surface area contributed by atoms with Crippen LogP contribution in [0.3, 0.4) is 0 Å². The lowest BCUT2D eigenvalue weighted by Crippen LogP contribution is -2.34. The van der Waals surface area contributed by atoms with E-state index >= 15 is 0 Å². The third kappa shape index (κ3) is 5.07. The second-order valence-electron chi connectivity index (χ2n) is 8.25. The van der Waals surface area contributed by atoms with Crippen LogP contribution in [0.15, 0.2) is 54.7 Å². The number of pyridine rings is 1. The maximum absolute atomic E-state index is 13.5. The van der Waals surface area contributed by atoms with Crippen molar-refractivity contribution in [2.24, 2.45) is 0 Å². The summed E-state index contributed by atoms with van der Waals surface area (Å²) in [6, 6.07) is 11.9. The van der Waals surface area contributed by atoms with Crippen molar-refractivity contribution >= 4 is 23.5 Å². The molecule has 3 aromatic rings. The monoisotopic (exact) mass is 497 g/mol. The molecule has 0 bridgehead atoms. The molecule has 0 spiro atoms. The van der Waals surface area contributed by atoms with Gasteiger partial charge in [0.25, 0.3) is 12.3 Å². The SMILES string of the molecule is COC(=O)c1cc(-c2ccc(C(=O)N3Cc4ccc(F)cc4C3)cn2)ccc1N(CC(F)F)C(C)=O. The van der Waals surface area contributed by atoms with Gasteiger partial charge >= 0.3 is 5.97 Å². The Labute approximate surface area is 205 Å². The fourth-order valence-electron chi connectivity index (χ4n) is 4.12. The smallest absolute Gasteiger partial charge is 0.340 e. The summed E-state index contributed by atoms with van der Waals surface area (Å²) < 4.78 is 44.3. The summed E-state index contributed by atoms with van der Waals surface area (Å²) in [6.45, 7) is 0.916. The predicted octanol–water partition coefficient (Wildman–Crippen LogP) is 4.45. The van der Waals surface area contributed by atoms with Crippen LogP contribution >= 0.6 is 0 Å². The number of benzene rings is 2. The highest BCUT2D eigenvalue weighted by atomic mass is 19.3. The van der Waals surface area contributed by atoms with E-state index in [1.54, 1.807) is 29.2 Å². The number of ether oxygens (including phenoxy) is 1. The Morgan fingerprint density at radius 3 is 2.44 bits per heavy atom. The number of aromatic nitrogens is 1. The number of hydrogen-bond acceptors (Lipinski definition) is 5. The highest BCUT2D eigenvalue weighted by Crippen LogP contribution is 2.29. The lowest BCUT2D eigenvalue weighted by molar-refractivity contribution is -0.117. The van der Waals surface area contributed by atoms with Crippen LogP contribution < -0.4 is 4.90 Å². The van der Waals surface area contributed by atoms with Gasteiger partial charge in [-0.25, -0.2) is 18.0 Å². The molecular weight excluding hydrogens is 475 g/mol. The van der Waals surface area contributed by atoms with Crippen LogP contribution in [0.25, 0.3) is 11.3 Å². The zero-order chi connectivity index (χ0) is 26.0. The van der Waals surface area contributed by atoms with Gasteiger partial charge in [-0.05, 0) is 47.5 Å². The van der Waals surface area contributed by atoms with Gasteiger partial charge in [0, 0.05) is 31.8 Å². The van der Waals surface area contributed by atoms with Crippen molar-refractivity contribution < 1.29 is 32.3 Å². The molecule has 10 heteroatoms. The number of esters is 1. The van der Waals surface area contributed by atoms with Crippen molar-refractivity contribution in [3.63, 3.8) is 0 Å². The molecule has 0 aliphatic carbocycles. The first-order valence-electron chi connectivity index (χ1n) is 11.0. The summed E-state index contributed by atoms with van der Waals surface area (Å²) in [5.74, 6) is -2.07. The van der Waals surface area contributed by atoms with E-state index in [4.69, 9.17) is 4.74 Å². The maximum atomic E-state index is 13.5. The number of hydrogen-bond donors (Lipinski definition) is 0. The Hall–Kier alpha value is -4.21. The van der Waals surface area contributed by atoms with Gasteiger partial charge in [0.15, 0.2) is 0 Å². The first-order chi connectivity index (χ1) is 17.2. The first-order valence-corrected chi connectivity index (χ1v) is 11.0. The van der Waals surface area contributed by atoms with E-state index in [2.05, 4.69) is 4.98 Å². The highest BCUT2D eigenvalue weighted by molar-refractivity contribution is 6.03. The van der Waals surface area contributed by atoms with Gasteiger partial charge in [-0.15, -0.1) is 0 Å². The Morgan fingerprint density at radius 2 is 1.81 bits per heavy atom. The van der Waals surface area contributed by atoms with Gasteiger partial charge in [-0.3, -0.25) is 14.6 Å². The van der Waals surface area contributed by atoms with Crippen LogP contribution in [-0.4, -0.2) is 47.7 Å². The summed E-state index contributed by atoms with van der Waals surface area (Å²) in [5, 5.41) is 0. The second kappa shape index (κ2) is 10.2. The number of halogens is 3. The fraction of sp³-hybridized carbons (Fsp3) is 0.231. The summed E-state index contributed by atoms with van der Waals surface area (Å²) in [5.41, 5.74) is 2.77. The van der Waals surface area contributed by atoms with Crippen LogP contribution in [0, 0.1) is 5.82 Å². The lowest BCUT2D eigenvalue weighted by atomic mass is 10.0. The van der Waals surface area contributed by atoms with Gasteiger partial charge in [-0.2, -0.15) is 0 Å². The molecule has 0 N–H and O–H groups in total. The van der Waals surface area contributed by atoms with E-state index in [1.165, 1.54) is 30.5 Å². The maximum Gasteiger partial charge on any atom is 0.340 e. The van der Waals surface area contributed by atoms with Crippen molar-refractivity contribution in [2.75, 3.05) is 18.6 Å². The van der Waals surface area contributed by atoms with Crippen LogP contribution in [0.1, 0.15) is 38.8 Å². The van der Waals surface area contributed by atoms with E-state index < -0.39 is 24.8 Å². The number of rotatable bonds is 6. The largest absolute Gasteiger partial charge is 0.465 e. The molecule has 0 radical (unpaired) electrons. The predicted molar refractivity (Wildman–Crippen MR) is 125 cm³/mol. The summed E-state index contributed by atoms with van der Waals surface area (Å²) >= 11 is 0. The Kier molecular flexibility index (Phi) is 7.05. The van der Waals surface area contributed by atoms with Crippen molar-refractivity contribution in [3.05, 3.63) is 82.8 Å². The molecule has 2 amide bonds. The van der Waals surface area contributed by atoms with E-state index in [-0.39, 0.29) is 23.0 Å². The summed E-state index contributed by atoms with van der Waals surface area (Å²) in [4.78, 5) is 44.0. The number of nitrogens with zero attached hydrogens (tertiary/aromatic N) is 3. The van der Waals surface area contributed by atoms with Crippen LogP contribution in [0.2, 0.25) is 0 Å². The normalized spacial score (nSPS) is 12.4. The Balaban J connectivity index is 1.59. The molecule has 1 aliphatic rings. The van der Waals surface area contributed by atoms with E-state index in [1.807, 2.05) is 0 Å². The van der Waals surface area contributed by atoms with Gasteiger partial charge in [0.1, 0.15) is 5.82 Å². The van der Waals surface area contributed by atoms with Crippen molar-refractivity contribution in [2.45, 2.75) is 26.4 Å². The minimum atomic E-state index is -2.80. The molecular formula is C26H22F3N3O4. The number of carbonyl (C=O) groups excluding carboxylic acids is 3. The van der Waals surface area contributed by atoms with Crippen molar-refractivity contribution in [3.8, 4) is 11.3 Å². The van der Waals surface area contributed by atoms with Crippen LogP contribution in [0.5, 0.6) is 0 Å². The van der Waals surface area contributed by atoms with E-state index in [9.17, 15) is 27.6 Å². The third-order valence-electron chi connectivity index (χ3n) is 5.88. The number of anilines is 1. The van der Waals surface area contributed by atoms with Crippen molar-refractivity contribution in [1.82, 2.24) is 9.88 Å². The average Bonchev–Trinajstić information content (AvgIpc) is 3.29. The topological polar surface area (TPSA) is 79.8 Å². The minimum Gasteiger partial charge on any atom is -0.465 e. The van der Waals surface area contributed by atoms with Crippen LogP contribution in [-0.2, 0) is 22.6 Å². The Bertz CT molecular complexity index is 1330. The quantitative estimate of drug-likeness (QED) is 0.471. The molecule has 7 nitrogen and oxygen atoms in total. The zero-order valence-electron chi connectivity index (χ0n) is 19.5. The Morgan fingerprint density at radius 1 is 1.06 bits per heavy atom. The number of methoxy groups -OCH3 is 1. The van der Waals surface area contributed by atoms with E-state index in [0.29, 0.717) is 29.9 Å². The molecule has 0 unspecified atom stereocenters. The first kappa shape index (κ1) is 24.9. The van der Waals surface area contributed by atoms with Crippen molar-refractivity contribution in [1.29, 1.82) is 0 Å². The molecule has 2 heterocycles. The molecule has 0 atom stereocenters. The second-order valence-corrected chi connectivity index (χ2v) is 8.25. The molecule has 36 heavy (non-hydrogen) atoms. The number of fused-ring (bicyclic) bond motifs is 1. The number of alkyl halides is 2. The standard InChI is InChI=1S/C26H22F3N3O4/c1-15(33)32(14-24(28)29)23-8-5-16(10-21(23)26(35)36-2)22-7-4-17(11-30-22)25(34)31-12-18-3-6-20(27)9-19(18)13-31/h3-11,24H,12-14H2,1-2H3. The zero-order valence-corrected chi connectivity index (χ0v) is 19.5. The van der Waals surface area contributed by atoms with Gasteiger partial charge in [0.05, 0.1) is 36.2 Å². The lowest BCUT2D eigenvalue weighted by Gasteiger charge is -2.23. The molecule has 0 saturated heterocycles. The molecule has 186 valence electrons. The third-order valence-corrected chi connectivity index (χ3v) is 5.88. The minimum absolute atomic E-state index is 0.00441.